The number of rotatable bonds is 4. The standard InChI is InChI=1S/C20H27N3O2/c1-2-18-15-23(19(24)20(16-21)8-12-25-13-9-20)11-10-22(18)14-17-6-4-3-5-7-17/h3-7,18H,2,8-15H2,1H3/t18-/m0/s1. The lowest BCUT2D eigenvalue weighted by molar-refractivity contribution is -0.146. The van der Waals surface area contributed by atoms with Gasteiger partial charge in [-0.1, -0.05) is 37.3 Å². The van der Waals surface area contributed by atoms with Gasteiger partial charge in [-0.2, -0.15) is 5.26 Å². The van der Waals surface area contributed by atoms with E-state index in [1.807, 2.05) is 11.0 Å². The zero-order valence-electron chi connectivity index (χ0n) is 15.0. The zero-order chi connectivity index (χ0) is 17.7. The summed E-state index contributed by atoms with van der Waals surface area (Å²) in [6, 6.07) is 13.1. The van der Waals surface area contributed by atoms with Crippen LogP contribution in [0.5, 0.6) is 0 Å². The van der Waals surface area contributed by atoms with Crippen molar-refractivity contribution in [1.82, 2.24) is 9.80 Å². The molecule has 5 heteroatoms. The number of benzene rings is 1. The number of carbonyl (C=O) groups excluding carboxylic acids is 1. The first-order chi connectivity index (χ1) is 12.2. The third-order valence-electron chi connectivity index (χ3n) is 5.56. The molecule has 0 aromatic heterocycles. The highest BCUT2D eigenvalue weighted by Gasteiger charge is 2.44. The number of ether oxygens (including phenoxy) is 1. The second-order valence-corrected chi connectivity index (χ2v) is 7.08. The zero-order valence-corrected chi connectivity index (χ0v) is 15.0. The molecule has 2 aliphatic rings. The van der Waals surface area contributed by atoms with Gasteiger partial charge in [0.2, 0.25) is 5.91 Å². The van der Waals surface area contributed by atoms with Crippen molar-refractivity contribution in [3.8, 4) is 6.07 Å². The van der Waals surface area contributed by atoms with Gasteiger partial charge in [-0.15, -0.1) is 0 Å². The Hall–Kier alpha value is -1.90. The fraction of sp³-hybridized carbons (Fsp3) is 0.600. The Morgan fingerprint density at radius 2 is 2.00 bits per heavy atom. The molecule has 0 N–H and O–H groups in total. The van der Waals surface area contributed by atoms with Crippen LogP contribution in [0.1, 0.15) is 31.7 Å². The minimum atomic E-state index is -0.877. The maximum atomic E-state index is 13.1. The Kier molecular flexibility index (Phi) is 5.72. The van der Waals surface area contributed by atoms with Crippen molar-refractivity contribution in [3.63, 3.8) is 0 Å². The molecule has 2 fully saturated rings. The van der Waals surface area contributed by atoms with Crippen molar-refractivity contribution in [3.05, 3.63) is 35.9 Å². The van der Waals surface area contributed by atoms with Crippen molar-refractivity contribution < 1.29 is 9.53 Å². The molecule has 0 aliphatic carbocycles. The lowest BCUT2D eigenvalue weighted by Crippen LogP contribution is -2.57. The molecular weight excluding hydrogens is 314 g/mol. The topological polar surface area (TPSA) is 56.6 Å². The first-order valence-corrected chi connectivity index (χ1v) is 9.25. The lowest BCUT2D eigenvalue weighted by atomic mass is 9.80. The van der Waals surface area contributed by atoms with E-state index in [1.54, 1.807) is 0 Å². The van der Waals surface area contributed by atoms with Crippen molar-refractivity contribution >= 4 is 5.91 Å². The molecule has 2 saturated heterocycles. The molecule has 5 nitrogen and oxygen atoms in total. The number of hydrogen-bond donors (Lipinski definition) is 0. The largest absolute Gasteiger partial charge is 0.381 e. The fourth-order valence-corrected chi connectivity index (χ4v) is 3.89. The highest BCUT2D eigenvalue weighted by atomic mass is 16.5. The molecule has 1 atom stereocenters. The predicted octanol–water partition coefficient (Wildman–Crippen LogP) is 2.43. The Bertz CT molecular complexity index is 620. The first kappa shape index (κ1) is 17.9. The second kappa shape index (κ2) is 7.99. The van der Waals surface area contributed by atoms with E-state index >= 15 is 0 Å². The van der Waals surface area contributed by atoms with Crippen molar-refractivity contribution in [1.29, 1.82) is 5.26 Å². The van der Waals surface area contributed by atoms with Gasteiger partial charge in [-0.3, -0.25) is 9.69 Å². The van der Waals surface area contributed by atoms with Gasteiger partial charge in [-0.05, 0) is 24.8 Å². The van der Waals surface area contributed by atoms with Crippen LogP contribution in [0.25, 0.3) is 0 Å². The number of carbonyl (C=O) groups is 1. The molecule has 1 aromatic rings. The normalized spacial score (nSPS) is 23.8. The van der Waals surface area contributed by atoms with E-state index in [9.17, 15) is 10.1 Å². The van der Waals surface area contributed by atoms with Crippen molar-refractivity contribution in [2.75, 3.05) is 32.8 Å². The van der Waals surface area contributed by atoms with Gasteiger partial charge in [0.1, 0.15) is 5.41 Å². The Morgan fingerprint density at radius 3 is 2.64 bits per heavy atom. The summed E-state index contributed by atoms with van der Waals surface area (Å²) >= 11 is 0. The molecule has 0 radical (unpaired) electrons. The molecule has 1 amide bonds. The van der Waals surface area contributed by atoms with Gasteiger partial charge in [0.05, 0.1) is 6.07 Å². The molecule has 0 bridgehead atoms. The van der Waals surface area contributed by atoms with Crippen LogP contribution in [0, 0.1) is 16.7 Å². The number of nitrogens with zero attached hydrogens (tertiary/aromatic N) is 3. The molecule has 25 heavy (non-hydrogen) atoms. The van der Waals surface area contributed by atoms with Crippen LogP contribution in [-0.4, -0.2) is 54.6 Å². The van der Waals surface area contributed by atoms with E-state index in [0.717, 1.165) is 19.5 Å². The summed E-state index contributed by atoms with van der Waals surface area (Å²) in [6.07, 6.45) is 2.03. The molecule has 3 rings (SSSR count). The highest BCUT2D eigenvalue weighted by Crippen LogP contribution is 2.33. The van der Waals surface area contributed by atoms with Crippen LogP contribution in [0.4, 0.5) is 0 Å². The minimum absolute atomic E-state index is 0.0103. The van der Waals surface area contributed by atoms with E-state index in [0.29, 0.717) is 45.2 Å². The van der Waals surface area contributed by atoms with E-state index < -0.39 is 5.41 Å². The molecule has 0 unspecified atom stereocenters. The summed E-state index contributed by atoms with van der Waals surface area (Å²) in [6.45, 7) is 6.37. The summed E-state index contributed by atoms with van der Waals surface area (Å²) in [7, 11) is 0. The molecule has 134 valence electrons. The molecule has 0 saturated carbocycles. The van der Waals surface area contributed by atoms with Crippen LogP contribution < -0.4 is 0 Å². The predicted molar refractivity (Wildman–Crippen MR) is 95.6 cm³/mol. The van der Waals surface area contributed by atoms with E-state index in [1.165, 1.54) is 5.56 Å². The Labute approximate surface area is 150 Å². The maximum absolute atomic E-state index is 13.1. The average molecular weight is 341 g/mol. The monoisotopic (exact) mass is 341 g/mol. The third-order valence-corrected chi connectivity index (χ3v) is 5.56. The average Bonchev–Trinajstić information content (AvgIpc) is 2.69. The van der Waals surface area contributed by atoms with Gasteiger partial charge < -0.3 is 9.64 Å². The van der Waals surface area contributed by atoms with Crippen LogP contribution in [0.15, 0.2) is 30.3 Å². The summed E-state index contributed by atoms with van der Waals surface area (Å²) < 4.78 is 5.36. The molecular formula is C20H27N3O2. The molecule has 2 aliphatic heterocycles. The lowest BCUT2D eigenvalue weighted by Gasteiger charge is -2.44. The van der Waals surface area contributed by atoms with E-state index in [-0.39, 0.29) is 5.91 Å². The van der Waals surface area contributed by atoms with Crippen molar-refractivity contribution in [2.45, 2.75) is 38.8 Å². The number of amides is 1. The van der Waals surface area contributed by atoms with E-state index in [4.69, 9.17) is 4.74 Å². The SMILES string of the molecule is CC[C@H]1CN(C(=O)C2(C#N)CCOCC2)CCN1Cc1ccccc1. The van der Waals surface area contributed by atoms with Gasteiger partial charge in [0.25, 0.3) is 0 Å². The maximum Gasteiger partial charge on any atom is 0.243 e. The number of piperazine rings is 1. The van der Waals surface area contributed by atoms with Gasteiger partial charge in [0.15, 0.2) is 0 Å². The quantitative estimate of drug-likeness (QED) is 0.844. The van der Waals surface area contributed by atoms with Crippen LogP contribution >= 0.6 is 0 Å². The summed E-state index contributed by atoms with van der Waals surface area (Å²) in [4.78, 5) is 17.4. The van der Waals surface area contributed by atoms with Gasteiger partial charge in [-0.25, -0.2) is 0 Å². The number of hydrogen-bond acceptors (Lipinski definition) is 4. The Balaban J connectivity index is 1.66. The van der Waals surface area contributed by atoms with Crippen LogP contribution in [0.3, 0.4) is 0 Å². The van der Waals surface area contributed by atoms with Gasteiger partial charge >= 0.3 is 0 Å². The highest BCUT2D eigenvalue weighted by molar-refractivity contribution is 5.85. The summed E-state index contributed by atoms with van der Waals surface area (Å²) in [5.74, 6) is 0.0103. The second-order valence-electron chi connectivity index (χ2n) is 7.08. The number of nitriles is 1. The molecule has 0 spiro atoms. The molecule has 2 heterocycles. The minimum Gasteiger partial charge on any atom is -0.381 e. The third kappa shape index (κ3) is 3.86. The van der Waals surface area contributed by atoms with Crippen LogP contribution in [-0.2, 0) is 16.1 Å². The first-order valence-electron chi connectivity index (χ1n) is 9.25. The fourth-order valence-electron chi connectivity index (χ4n) is 3.89. The molecule has 1 aromatic carbocycles. The van der Waals surface area contributed by atoms with Crippen LogP contribution in [0.2, 0.25) is 0 Å². The van der Waals surface area contributed by atoms with Crippen molar-refractivity contribution in [2.24, 2.45) is 5.41 Å². The van der Waals surface area contributed by atoms with Gasteiger partial charge in [0, 0.05) is 45.4 Å². The smallest absolute Gasteiger partial charge is 0.243 e. The Morgan fingerprint density at radius 1 is 1.28 bits per heavy atom. The summed E-state index contributed by atoms with van der Waals surface area (Å²) in [5.41, 5.74) is 0.427. The summed E-state index contributed by atoms with van der Waals surface area (Å²) in [5, 5.41) is 9.65. The van der Waals surface area contributed by atoms with E-state index in [2.05, 4.69) is 42.2 Å².